The molecule has 3 aromatic carbocycles. The van der Waals surface area contributed by atoms with Gasteiger partial charge in [-0.15, -0.1) is 0 Å². The van der Waals surface area contributed by atoms with E-state index in [1.54, 1.807) is 6.07 Å². The number of ketones is 1. The fourth-order valence-corrected chi connectivity index (χ4v) is 5.77. The van der Waals surface area contributed by atoms with Crippen molar-refractivity contribution in [1.29, 1.82) is 0 Å². The zero-order valence-electron chi connectivity index (χ0n) is 19.3. The first-order valence-electron chi connectivity index (χ1n) is 11.9. The highest BCUT2D eigenvalue weighted by Crippen LogP contribution is 2.40. The SMILES string of the molecule is O=C1OC[C@H](Cc2ccccc2)C1C(=O)[C@@H]1CN(Cc2ccccc2)C[C@H]1c1ccc(Cl)c(Cl)c1. The highest BCUT2D eigenvalue weighted by molar-refractivity contribution is 6.42. The molecule has 3 aromatic rings. The molecule has 0 radical (unpaired) electrons. The second-order valence-corrected chi connectivity index (χ2v) is 10.3. The Balaban J connectivity index is 1.42. The van der Waals surface area contributed by atoms with Gasteiger partial charge >= 0.3 is 5.97 Å². The summed E-state index contributed by atoms with van der Waals surface area (Å²) < 4.78 is 5.42. The summed E-state index contributed by atoms with van der Waals surface area (Å²) in [5, 5.41) is 0.957. The van der Waals surface area contributed by atoms with Crippen LogP contribution >= 0.6 is 23.2 Å². The quantitative estimate of drug-likeness (QED) is 0.299. The highest BCUT2D eigenvalue weighted by Gasteiger charge is 2.48. The van der Waals surface area contributed by atoms with E-state index in [1.165, 1.54) is 5.56 Å². The maximum absolute atomic E-state index is 14.0. The molecule has 1 unspecified atom stereocenters. The molecule has 0 spiro atoms. The zero-order valence-corrected chi connectivity index (χ0v) is 20.8. The Hall–Kier alpha value is -2.66. The van der Waals surface area contributed by atoms with Crippen molar-refractivity contribution in [2.45, 2.75) is 18.9 Å². The maximum Gasteiger partial charge on any atom is 0.316 e. The van der Waals surface area contributed by atoms with Crippen molar-refractivity contribution in [3.63, 3.8) is 0 Å². The number of carbonyl (C=O) groups excluding carboxylic acids is 2. The van der Waals surface area contributed by atoms with Gasteiger partial charge in [-0.05, 0) is 35.2 Å². The topological polar surface area (TPSA) is 46.6 Å². The molecule has 2 saturated heterocycles. The maximum atomic E-state index is 14.0. The normalized spacial score (nSPS) is 24.5. The van der Waals surface area contributed by atoms with Crippen LogP contribution in [0.2, 0.25) is 10.0 Å². The van der Waals surface area contributed by atoms with Gasteiger partial charge in [-0.3, -0.25) is 14.5 Å². The van der Waals surface area contributed by atoms with E-state index in [4.69, 9.17) is 27.9 Å². The first kappa shape index (κ1) is 24.1. The zero-order chi connectivity index (χ0) is 24.4. The minimum Gasteiger partial charge on any atom is -0.465 e. The van der Waals surface area contributed by atoms with Crippen molar-refractivity contribution < 1.29 is 14.3 Å². The Morgan fingerprint density at radius 3 is 2.26 bits per heavy atom. The van der Waals surface area contributed by atoms with Crippen LogP contribution in [0.15, 0.2) is 78.9 Å². The third-order valence-corrected chi connectivity index (χ3v) is 7.93. The number of ether oxygens (including phenoxy) is 1. The van der Waals surface area contributed by atoms with E-state index in [-0.39, 0.29) is 30.1 Å². The Morgan fingerprint density at radius 2 is 1.57 bits per heavy atom. The Bertz CT molecular complexity index is 1200. The molecule has 5 rings (SSSR count). The lowest BCUT2D eigenvalue weighted by Crippen LogP contribution is -2.35. The van der Waals surface area contributed by atoms with Gasteiger partial charge in [-0.25, -0.2) is 0 Å². The van der Waals surface area contributed by atoms with E-state index in [2.05, 4.69) is 17.0 Å². The predicted octanol–water partition coefficient (Wildman–Crippen LogP) is 5.81. The van der Waals surface area contributed by atoms with Crippen LogP contribution in [0, 0.1) is 17.8 Å². The summed E-state index contributed by atoms with van der Waals surface area (Å²) in [4.78, 5) is 29.1. The van der Waals surface area contributed by atoms with Crippen molar-refractivity contribution in [1.82, 2.24) is 4.90 Å². The molecule has 2 heterocycles. The Kier molecular flexibility index (Phi) is 7.24. The van der Waals surface area contributed by atoms with Gasteiger partial charge in [-0.2, -0.15) is 0 Å². The number of hydrogen-bond acceptors (Lipinski definition) is 4. The number of benzene rings is 3. The van der Waals surface area contributed by atoms with Crippen LogP contribution in [0.4, 0.5) is 0 Å². The molecule has 2 fully saturated rings. The summed E-state index contributed by atoms with van der Waals surface area (Å²) >= 11 is 12.5. The fourth-order valence-electron chi connectivity index (χ4n) is 5.47. The van der Waals surface area contributed by atoms with Crippen LogP contribution in [0.3, 0.4) is 0 Å². The van der Waals surface area contributed by atoms with Gasteiger partial charge in [0.2, 0.25) is 0 Å². The molecule has 6 heteroatoms. The van der Waals surface area contributed by atoms with Crippen molar-refractivity contribution in [3.8, 4) is 0 Å². The van der Waals surface area contributed by atoms with Gasteiger partial charge in [0.25, 0.3) is 0 Å². The molecule has 4 atom stereocenters. The van der Waals surface area contributed by atoms with E-state index in [0.29, 0.717) is 29.6 Å². The molecule has 2 aliphatic heterocycles. The van der Waals surface area contributed by atoms with Crippen molar-refractivity contribution in [2.75, 3.05) is 19.7 Å². The highest BCUT2D eigenvalue weighted by atomic mass is 35.5. The smallest absolute Gasteiger partial charge is 0.316 e. The van der Waals surface area contributed by atoms with Crippen molar-refractivity contribution in [2.24, 2.45) is 17.8 Å². The van der Waals surface area contributed by atoms with Crippen LogP contribution in [0.25, 0.3) is 0 Å². The summed E-state index contributed by atoms with van der Waals surface area (Å²) in [5.74, 6) is -1.74. The van der Waals surface area contributed by atoms with Gasteiger partial charge in [0, 0.05) is 37.4 Å². The standard InChI is InChI=1S/C29H27Cl2NO3/c30-25-12-11-21(14-26(25)31)23-16-32(15-20-9-5-2-6-10-20)17-24(23)28(33)27-22(18-35-29(27)34)13-19-7-3-1-4-8-19/h1-12,14,22-24,27H,13,15-18H2/t22-,23-,24+,27?/m0/s1. The molecule has 0 saturated carbocycles. The number of halogens is 2. The van der Waals surface area contributed by atoms with Gasteiger partial charge < -0.3 is 4.74 Å². The van der Waals surface area contributed by atoms with Gasteiger partial charge in [0.1, 0.15) is 5.92 Å². The van der Waals surface area contributed by atoms with Crippen molar-refractivity contribution in [3.05, 3.63) is 106 Å². The molecule has 180 valence electrons. The number of likely N-dealkylation sites (tertiary alicyclic amines) is 1. The van der Waals surface area contributed by atoms with Crippen LogP contribution in [-0.4, -0.2) is 36.3 Å². The van der Waals surface area contributed by atoms with E-state index in [0.717, 1.165) is 17.7 Å². The number of Topliss-reactive ketones (excluding diaryl/α,β-unsaturated/α-hetero) is 1. The van der Waals surface area contributed by atoms with Gasteiger partial charge in [-0.1, -0.05) is 89.9 Å². The average Bonchev–Trinajstić information content (AvgIpc) is 3.45. The molecule has 35 heavy (non-hydrogen) atoms. The second kappa shape index (κ2) is 10.5. The lowest BCUT2D eigenvalue weighted by molar-refractivity contribution is -0.145. The molecule has 0 amide bonds. The van der Waals surface area contributed by atoms with Crippen molar-refractivity contribution >= 4 is 35.0 Å². The number of carbonyl (C=O) groups is 2. The molecular weight excluding hydrogens is 481 g/mol. The average molecular weight is 508 g/mol. The summed E-state index contributed by atoms with van der Waals surface area (Å²) in [7, 11) is 0. The number of esters is 1. The number of rotatable bonds is 7. The van der Waals surface area contributed by atoms with E-state index >= 15 is 0 Å². The minimum absolute atomic E-state index is 0.0277. The van der Waals surface area contributed by atoms with Gasteiger partial charge in [0.15, 0.2) is 5.78 Å². The van der Waals surface area contributed by atoms with Crippen LogP contribution in [0.1, 0.15) is 22.6 Å². The Morgan fingerprint density at radius 1 is 0.886 bits per heavy atom. The predicted molar refractivity (Wildman–Crippen MR) is 138 cm³/mol. The molecule has 4 nitrogen and oxygen atoms in total. The summed E-state index contributed by atoms with van der Waals surface area (Å²) in [6, 6.07) is 25.8. The summed E-state index contributed by atoms with van der Waals surface area (Å²) in [6.07, 6.45) is 0.640. The molecule has 0 bridgehead atoms. The number of hydrogen-bond donors (Lipinski definition) is 0. The molecular formula is C29H27Cl2NO3. The van der Waals surface area contributed by atoms with Crippen LogP contribution in [-0.2, 0) is 27.3 Å². The summed E-state index contributed by atoms with van der Waals surface area (Å²) in [5.41, 5.74) is 3.27. The fraction of sp³-hybridized carbons (Fsp3) is 0.310. The van der Waals surface area contributed by atoms with E-state index < -0.39 is 11.9 Å². The molecule has 2 aliphatic rings. The Labute approximate surface area is 215 Å². The summed E-state index contributed by atoms with van der Waals surface area (Å²) in [6.45, 7) is 2.31. The molecule has 0 aliphatic carbocycles. The lowest BCUT2D eigenvalue weighted by atomic mass is 9.77. The second-order valence-electron chi connectivity index (χ2n) is 9.53. The monoisotopic (exact) mass is 507 g/mol. The largest absolute Gasteiger partial charge is 0.465 e. The van der Waals surface area contributed by atoms with Crippen LogP contribution < -0.4 is 0 Å². The van der Waals surface area contributed by atoms with Crippen LogP contribution in [0.5, 0.6) is 0 Å². The number of cyclic esters (lactones) is 1. The third-order valence-electron chi connectivity index (χ3n) is 7.19. The first-order valence-corrected chi connectivity index (χ1v) is 12.7. The lowest BCUT2D eigenvalue weighted by Gasteiger charge is -2.22. The van der Waals surface area contributed by atoms with E-state index in [9.17, 15) is 9.59 Å². The van der Waals surface area contributed by atoms with Gasteiger partial charge in [0.05, 0.1) is 16.7 Å². The first-order chi connectivity index (χ1) is 17.0. The number of nitrogens with zero attached hydrogens (tertiary/aromatic N) is 1. The molecule has 0 N–H and O–H groups in total. The molecule has 0 aromatic heterocycles. The third kappa shape index (κ3) is 5.30. The van der Waals surface area contributed by atoms with E-state index in [1.807, 2.05) is 60.7 Å². The minimum atomic E-state index is -0.748.